The quantitative estimate of drug-likeness (QED) is 0.750. The fraction of sp³-hybridized carbons (Fsp3) is 0.286. The maximum absolute atomic E-state index is 13.8. The molecule has 1 aliphatic rings. The van der Waals surface area contributed by atoms with Crippen molar-refractivity contribution in [1.82, 2.24) is 10.2 Å². The number of hydrogen-bond donors (Lipinski definition) is 2. The van der Waals surface area contributed by atoms with Gasteiger partial charge in [-0.25, -0.2) is 4.39 Å². The highest BCUT2D eigenvalue weighted by Gasteiger charge is 2.26. The molecule has 29 heavy (non-hydrogen) atoms. The van der Waals surface area contributed by atoms with Gasteiger partial charge in [-0.2, -0.15) is 0 Å². The third-order valence-electron chi connectivity index (χ3n) is 4.89. The lowest BCUT2D eigenvalue weighted by molar-refractivity contribution is -0.136. The van der Waals surface area contributed by atoms with Crippen LogP contribution in [0, 0.1) is 11.7 Å². The van der Waals surface area contributed by atoms with Crippen LogP contribution in [0.15, 0.2) is 48.5 Å². The lowest BCUT2D eigenvalue weighted by Gasteiger charge is -2.32. The molecule has 2 aromatic carbocycles. The van der Waals surface area contributed by atoms with Gasteiger partial charge < -0.3 is 15.5 Å². The molecule has 1 heterocycles. The minimum absolute atomic E-state index is 0.0653. The molecule has 1 aliphatic heterocycles. The van der Waals surface area contributed by atoms with Crippen LogP contribution in [-0.2, 0) is 9.59 Å². The average Bonchev–Trinajstić information content (AvgIpc) is 2.74. The summed E-state index contributed by atoms with van der Waals surface area (Å²) in [6.07, 6.45) is 1.32. The van der Waals surface area contributed by atoms with E-state index in [1.165, 1.54) is 12.1 Å². The number of para-hydroxylation sites is 1. The number of benzene rings is 2. The van der Waals surface area contributed by atoms with Crippen LogP contribution in [0.4, 0.5) is 10.1 Å². The molecule has 1 saturated heterocycles. The molecule has 2 N–H and O–H groups in total. The molecule has 6 nitrogen and oxygen atoms in total. The van der Waals surface area contributed by atoms with Gasteiger partial charge in [0.15, 0.2) is 0 Å². The highest BCUT2D eigenvalue weighted by Crippen LogP contribution is 2.21. The monoisotopic (exact) mass is 417 g/mol. The number of nitrogens with one attached hydrogen (secondary N) is 2. The van der Waals surface area contributed by atoms with Crippen molar-refractivity contribution in [2.45, 2.75) is 12.8 Å². The van der Waals surface area contributed by atoms with Gasteiger partial charge in [-0.05, 0) is 43.0 Å². The number of anilines is 1. The Bertz CT molecular complexity index is 914. The number of piperidine rings is 1. The molecule has 0 saturated carbocycles. The SMILES string of the molecule is O=C(NCC1CCN(C(=O)c2ccccc2F)CC1)C(=O)Nc1ccccc1Cl. The summed E-state index contributed by atoms with van der Waals surface area (Å²) in [4.78, 5) is 38.1. The molecule has 0 aromatic heterocycles. The standard InChI is InChI=1S/C21H21ClFN3O3/c22-16-6-2-4-8-18(16)25-20(28)19(27)24-13-14-9-11-26(12-10-14)21(29)15-5-1-3-7-17(15)23/h1-8,14H,9-13H2,(H,24,27)(H,25,28). The first kappa shape index (κ1) is 20.8. The van der Waals surface area contributed by atoms with Crippen molar-refractivity contribution in [2.75, 3.05) is 25.0 Å². The molecule has 0 radical (unpaired) electrons. The van der Waals surface area contributed by atoms with E-state index in [1.54, 1.807) is 41.3 Å². The van der Waals surface area contributed by atoms with E-state index in [9.17, 15) is 18.8 Å². The fourth-order valence-corrected chi connectivity index (χ4v) is 3.39. The van der Waals surface area contributed by atoms with Gasteiger partial charge in [0.25, 0.3) is 5.91 Å². The number of amides is 3. The lowest BCUT2D eigenvalue weighted by atomic mass is 9.96. The molecule has 0 bridgehead atoms. The topological polar surface area (TPSA) is 78.5 Å². The van der Waals surface area contributed by atoms with Crippen molar-refractivity contribution in [2.24, 2.45) is 5.92 Å². The van der Waals surface area contributed by atoms with Gasteiger partial charge in [0.05, 0.1) is 16.3 Å². The fourth-order valence-electron chi connectivity index (χ4n) is 3.20. The molecule has 1 fully saturated rings. The Morgan fingerprint density at radius 1 is 1.00 bits per heavy atom. The van der Waals surface area contributed by atoms with E-state index in [2.05, 4.69) is 10.6 Å². The molecule has 8 heteroatoms. The van der Waals surface area contributed by atoms with Crippen LogP contribution in [0.5, 0.6) is 0 Å². The molecular weight excluding hydrogens is 397 g/mol. The second-order valence-corrected chi connectivity index (χ2v) is 7.27. The van der Waals surface area contributed by atoms with Crippen molar-refractivity contribution >= 4 is 35.0 Å². The second-order valence-electron chi connectivity index (χ2n) is 6.86. The Morgan fingerprint density at radius 3 is 2.34 bits per heavy atom. The van der Waals surface area contributed by atoms with Gasteiger partial charge in [-0.3, -0.25) is 14.4 Å². The predicted octanol–water partition coefficient (Wildman–Crippen LogP) is 3.09. The Kier molecular flexibility index (Phi) is 6.82. The number of likely N-dealkylation sites (tertiary alicyclic amines) is 1. The van der Waals surface area contributed by atoms with Crippen LogP contribution >= 0.6 is 11.6 Å². The first-order valence-electron chi connectivity index (χ1n) is 9.33. The summed E-state index contributed by atoms with van der Waals surface area (Å²) in [5.41, 5.74) is 0.435. The number of carbonyl (C=O) groups is 3. The summed E-state index contributed by atoms with van der Waals surface area (Å²) < 4.78 is 13.8. The number of halogens is 2. The maximum Gasteiger partial charge on any atom is 0.313 e. The molecule has 3 rings (SSSR count). The van der Waals surface area contributed by atoms with Crippen LogP contribution in [0.2, 0.25) is 5.02 Å². The van der Waals surface area contributed by atoms with E-state index in [0.29, 0.717) is 43.2 Å². The van der Waals surface area contributed by atoms with E-state index >= 15 is 0 Å². The predicted molar refractivity (Wildman–Crippen MR) is 108 cm³/mol. The third-order valence-corrected chi connectivity index (χ3v) is 5.22. The molecule has 0 atom stereocenters. The zero-order valence-electron chi connectivity index (χ0n) is 15.7. The lowest BCUT2D eigenvalue weighted by Crippen LogP contribution is -2.43. The van der Waals surface area contributed by atoms with Gasteiger partial charge in [0.1, 0.15) is 5.82 Å². The Labute approximate surface area is 173 Å². The molecule has 0 spiro atoms. The number of hydrogen-bond acceptors (Lipinski definition) is 3. The van der Waals surface area contributed by atoms with Crippen molar-refractivity contribution in [3.8, 4) is 0 Å². The van der Waals surface area contributed by atoms with Crippen molar-refractivity contribution in [3.05, 3.63) is 64.9 Å². The Morgan fingerprint density at radius 2 is 1.66 bits per heavy atom. The molecule has 3 amide bonds. The molecular formula is C21H21ClFN3O3. The molecule has 2 aromatic rings. The highest BCUT2D eigenvalue weighted by atomic mass is 35.5. The second kappa shape index (κ2) is 9.52. The van der Waals surface area contributed by atoms with Gasteiger partial charge in [-0.15, -0.1) is 0 Å². The van der Waals surface area contributed by atoms with Crippen LogP contribution in [0.1, 0.15) is 23.2 Å². The normalized spacial score (nSPS) is 14.3. The summed E-state index contributed by atoms with van der Waals surface area (Å²) in [6.45, 7) is 1.27. The van der Waals surface area contributed by atoms with E-state index in [-0.39, 0.29) is 17.4 Å². The minimum atomic E-state index is -0.787. The van der Waals surface area contributed by atoms with E-state index < -0.39 is 17.6 Å². The molecule has 0 unspecified atom stereocenters. The van der Waals surface area contributed by atoms with Crippen molar-refractivity contribution in [1.29, 1.82) is 0 Å². The minimum Gasteiger partial charge on any atom is -0.348 e. The Hall–Kier alpha value is -2.93. The molecule has 0 aliphatic carbocycles. The number of nitrogens with zero attached hydrogens (tertiary/aromatic N) is 1. The summed E-state index contributed by atoms with van der Waals surface area (Å²) >= 11 is 5.96. The van der Waals surface area contributed by atoms with Crippen LogP contribution in [0.25, 0.3) is 0 Å². The number of rotatable bonds is 4. The zero-order valence-corrected chi connectivity index (χ0v) is 16.4. The maximum atomic E-state index is 13.8. The smallest absolute Gasteiger partial charge is 0.313 e. The summed E-state index contributed by atoms with van der Waals surface area (Å²) in [5.74, 6) is -2.25. The van der Waals surface area contributed by atoms with Crippen molar-refractivity contribution in [3.63, 3.8) is 0 Å². The summed E-state index contributed by atoms with van der Waals surface area (Å²) in [5, 5.41) is 5.44. The zero-order chi connectivity index (χ0) is 20.8. The molecule has 152 valence electrons. The van der Waals surface area contributed by atoms with Crippen LogP contribution in [-0.4, -0.2) is 42.3 Å². The van der Waals surface area contributed by atoms with Gasteiger partial charge >= 0.3 is 11.8 Å². The first-order chi connectivity index (χ1) is 14.0. The Balaban J connectivity index is 1.44. The van der Waals surface area contributed by atoms with Crippen molar-refractivity contribution < 1.29 is 18.8 Å². The van der Waals surface area contributed by atoms with Crippen LogP contribution < -0.4 is 10.6 Å². The summed E-state index contributed by atoms with van der Waals surface area (Å²) in [7, 11) is 0. The summed E-state index contributed by atoms with van der Waals surface area (Å²) in [6, 6.07) is 12.6. The largest absolute Gasteiger partial charge is 0.348 e. The van der Waals surface area contributed by atoms with E-state index in [1.807, 2.05) is 0 Å². The van der Waals surface area contributed by atoms with Gasteiger partial charge in [0, 0.05) is 19.6 Å². The number of carbonyl (C=O) groups excluding carboxylic acids is 3. The average molecular weight is 418 g/mol. The third kappa shape index (κ3) is 5.32. The van der Waals surface area contributed by atoms with Gasteiger partial charge in [0.2, 0.25) is 0 Å². The van der Waals surface area contributed by atoms with Gasteiger partial charge in [-0.1, -0.05) is 35.9 Å². The van der Waals surface area contributed by atoms with Crippen LogP contribution in [0.3, 0.4) is 0 Å². The van der Waals surface area contributed by atoms with E-state index in [4.69, 9.17) is 11.6 Å². The first-order valence-corrected chi connectivity index (χ1v) is 9.71. The van der Waals surface area contributed by atoms with E-state index in [0.717, 1.165) is 0 Å². The highest BCUT2D eigenvalue weighted by molar-refractivity contribution is 6.41.